The second-order valence-corrected chi connectivity index (χ2v) is 5.88. The van der Waals surface area contributed by atoms with Gasteiger partial charge in [0.15, 0.2) is 0 Å². The number of carbonyl (C=O) groups excluding carboxylic acids is 1. The summed E-state index contributed by atoms with van der Waals surface area (Å²) in [5.74, 6) is 0.497. The normalized spacial score (nSPS) is 12.3. The highest BCUT2D eigenvalue weighted by Gasteiger charge is 2.13. The van der Waals surface area contributed by atoms with Gasteiger partial charge in [0.25, 0.3) is 0 Å². The van der Waals surface area contributed by atoms with E-state index in [-0.39, 0.29) is 11.9 Å². The summed E-state index contributed by atoms with van der Waals surface area (Å²) in [4.78, 5) is 11.9. The third-order valence-electron chi connectivity index (χ3n) is 2.65. The van der Waals surface area contributed by atoms with Crippen molar-refractivity contribution in [2.75, 3.05) is 11.9 Å². The summed E-state index contributed by atoms with van der Waals surface area (Å²) in [5, 5.41) is 6.16. The monoisotopic (exact) mass is 312 g/mol. The SMILES string of the molecule is Cc1ccc(Br)cc1NC(C)C(=O)NCC(C)C. The largest absolute Gasteiger partial charge is 0.374 e. The lowest BCUT2D eigenvalue weighted by atomic mass is 10.1. The maximum atomic E-state index is 11.9. The van der Waals surface area contributed by atoms with Gasteiger partial charge in [0.05, 0.1) is 0 Å². The first kappa shape index (κ1) is 15.0. The van der Waals surface area contributed by atoms with Crippen LogP contribution in [0.15, 0.2) is 22.7 Å². The smallest absolute Gasteiger partial charge is 0.242 e. The zero-order valence-electron chi connectivity index (χ0n) is 11.4. The summed E-state index contributed by atoms with van der Waals surface area (Å²) in [5.41, 5.74) is 2.11. The van der Waals surface area contributed by atoms with Crippen molar-refractivity contribution in [1.29, 1.82) is 0 Å². The van der Waals surface area contributed by atoms with Crippen molar-refractivity contribution in [3.63, 3.8) is 0 Å². The Kier molecular flexibility index (Phi) is 5.66. The summed E-state index contributed by atoms with van der Waals surface area (Å²) < 4.78 is 1.00. The molecule has 1 rings (SSSR count). The molecule has 2 N–H and O–H groups in total. The molecule has 1 amide bonds. The molecule has 0 aliphatic heterocycles. The van der Waals surface area contributed by atoms with Crippen molar-refractivity contribution in [1.82, 2.24) is 5.32 Å². The third kappa shape index (κ3) is 4.69. The van der Waals surface area contributed by atoms with E-state index in [9.17, 15) is 4.79 Å². The summed E-state index contributed by atoms with van der Waals surface area (Å²) >= 11 is 3.43. The van der Waals surface area contributed by atoms with E-state index >= 15 is 0 Å². The molecule has 0 aliphatic carbocycles. The maximum absolute atomic E-state index is 11.9. The van der Waals surface area contributed by atoms with Crippen LogP contribution in [0.1, 0.15) is 26.3 Å². The number of rotatable bonds is 5. The first-order valence-corrected chi connectivity index (χ1v) is 7.00. The second-order valence-electron chi connectivity index (χ2n) is 4.96. The fraction of sp³-hybridized carbons (Fsp3) is 0.500. The van der Waals surface area contributed by atoms with Crippen molar-refractivity contribution in [2.24, 2.45) is 5.92 Å². The maximum Gasteiger partial charge on any atom is 0.242 e. The zero-order valence-corrected chi connectivity index (χ0v) is 13.0. The van der Waals surface area contributed by atoms with Crippen molar-refractivity contribution in [3.8, 4) is 0 Å². The molecule has 1 aromatic carbocycles. The van der Waals surface area contributed by atoms with Crippen LogP contribution in [0, 0.1) is 12.8 Å². The van der Waals surface area contributed by atoms with Crippen LogP contribution in [-0.4, -0.2) is 18.5 Å². The van der Waals surface area contributed by atoms with E-state index in [0.717, 1.165) is 15.7 Å². The highest BCUT2D eigenvalue weighted by molar-refractivity contribution is 9.10. The van der Waals surface area contributed by atoms with Crippen LogP contribution in [-0.2, 0) is 4.79 Å². The van der Waals surface area contributed by atoms with Crippen LogP contribution >= 0.6 is 15.9 Å². The summed E-state index contributed by atoms with van der Waals surface area (Å²) in [7, 11) is 0. The zero-order chi connectivity index (χ0) is 13.7. The van der Waals surface area contributed by atoms with Gasteiger partial charge in [-0.3, -0.25) is 4.79 Å². The minimum atomic E-state index is -0.239. The predicted octanol–water partition coefficient (Wildman–Crippen LogP) is 3.33. The number of aryl methyl sites for hydroxylation is 1. The molecule has 1 unspecified atom stereocenters. The van der Waals surface area contributed by atoms with Gasteiger partial charge in [-0.25, -0.2) is 0 Å². The molecule has 0 spiro atoms. The van der Waals surface area contributed by atoms with Gasteiger partial charge in [-0.1, -0.05) is 35.8 Å². The molecule has 0 saturated heterocycles. The highest BCUT2D eigenvalue weighted by atomic mass is 79.9. The van der Waals surface area contributed by atoms with E-state index in [0.29, 0.717) is 12.5 Å². The first-order chi connectivity index (χ1) is 8.40. The molecule has 3 nitrogen and oxygen atoms in total. The number of nitrogens with one attached hydrogen (secondary N) is 2. The molecule has 1 atom stereocenters. The molecule has 100 valence electrons. The lowest BCUT2D eigenvalue weighted by Crippen LogP contribution is -2.39. The van der Waals surface area contributed by atoms with Gasteiger partial charge in [-0.2, -0.15) is 0 Å². The number of anilines is 1. The van der Waals surface area contributed by atoms with E-state index in [1.54, 1.807) is 0 Å². The number of hydrogen-bond donors (Lipinski definition) is 2. The Morgan fingerprint density at radius 2 is 2.00 bits per heavy atom. The molecule has 0 bridgehead atoms. The first-order valence-electron chi connectivity index (χ1n) is 6.20. The molecule has 1 aromatic rings. The average molecular weight is 313 g/mol. The van der Waals surface area contributed by atoms with Crippen LogP contribution in [0.3, 0.4) is 0 Å². The van der Waals surface area contributed by atoms with Crippen molar-refractivity contribution < 1.29 is 4.79 Å². The molecule has 0 fully saturated rings. The minimum absolute atomic E-state index is 0.0306. The Labute approximate surface area is 117 Å². The number of hydrogen-bond acceptors (Lipinski definition) is 2. The van der Waals surface area contributed by atoms with Crippen LogP contribution in [0.5, 0.6) is 0 Å². The van der Waals surface area contributed by atoms with Crippen molar-refractivity contribution in [3.05, 3.63) is 28.2 Å². The van der Waals surface area contributed by atoms with Gasteiger partial charge in [0.1, 0.15) is 6.04 Å². The molecular weight excluding hydrogens is 292 g/mol. The fourth-order valence-corrected chi connectivity index (χ4v) is 1.87. The third-order valence-corrected chi connectivity index (χ3v) is 3.14. The Morgan fingerprint density at radius 3 is 2.61 bits per heavy atom. The molecule has 0 radical (unpaired) electrons. The molecule has 18 heavy (non-hydrogen) atoms. The predicted molar refractivity (Wildman–Crippen MR) is 79.8 cm³/mol. The van der Waals surface area contributed by atoms with E-state index < -0.39 is 0 Å². The lowest BCUT2D eigenvalue weighted by molar-refractivity contribution is -0.121. The molecule has 0 saturated carbocycles. The number of amides is 1. The van der Waals surface area contributed by atoms with Gasteiger partial charge in [-0.05, 0) is 37.5 Å². The molecule has 0 heterocycles. The van der Waals surface area contributed by atoms with Gasteiger partial charge in [0, 0.05) is 16.7 Å². The standard InChI is InChI=1S/C14H21BrN2O/c1-9(2)8-16-14(18)11(4)17-13-7-12(15)6-5-10(13)3/h5-7,9,11,17H,8H2,1-4H3,(H,16,18). The highest BCUT2D eigenvalue weighted by Crippen LogP contribution is 2.21. The Balaban J connectivity index is 2.60. The quantitative estimate of drug-likeness (QED) is 0.875. The Morgan fingerprint density at radius 1 is 1.33 bits per heavy atom. The van der Waals surface area contributed by atoms with E-state index in [1.807, 2.05) is 32.0 Å². The van der Waals surface area contributed by atoms with Crippen LogP contribution < -0.4 is 10.6 Å². The Hall–Kier alpha value is -1.03. The summed E-state index contributed by atoms with van der Waals surface area (Å²) in [6, 6.07) is 5.76. The van der Waals surface area contributed by atoms with Crippen LogP contribution in [0.25, 0.3) is 0 Å². The van der Waals surface area contributed by atoms with Crippen molar-refractivity contribution in [2.45, 2.75) is 33.7 Å². The van der Waals surface area contributed by atoms with Crippen LogP contribution in [0.2, 0.25) is 0 Å². The van der Waals surface area contributed by atoms with E-state index in [1.165, 1.54) is 0 Å². The van der Waals surface area contributed by atoms with Gasteiger partial charge >= 0.3 is 0 Å². The minimum Gasteiger partial charge on any atom is -0.374 e. The molecule has 0 aromatic heterocycles. The van der Waals surface area contributed by atoms with Crippen molar-refractivity contribution >= 4 is 27.5 Å². The fourth-order valence-electron chi connectivity index (χ4n) is 1.51. The van der Waals surface area contributed by atoms with E-state index in [2.05, 4.69) is 40.4 Å². The van der Waals surface area contributed by atoms with E-state index in [4.69, 9.17) is 0 Å². The molecular formula is C14H21BrN2O. The van der Waals surface area contributed by atoms with Gasteiger partial charge in [-0.15, -0.1) is 0 Å². The Bertz CT molecular complexity index is 418. The average Bonchev–Trinajstić information content (AvgIpc) is 2.30. The topological polar surface area (TPSA) is 41.1 Å². The molecule has 0 aliphatic rings. The summed E-state index contributed by atoms with van der Waals surface area (Å²) in [6.45, 7) is 8.76. The lowest BCUT2D eigenvalue weighted by Gasteiger charge is -2.17. The number of carbonyl (C=O) groups is 1. The van der Waals surface area contributed by atoms with Gasteiger partial charge in [0.2, 0.25) is 5.91 Å². The van der Waals surface area contributed by atoms with Crippen LogP contribution in [0.4, 0.5) is 5.69 Å². The molecule has 4 heteroatoms. The summed E-state index contributed by atoms with van der Waals surface area (Å²) in [6.07, 6.45) is 0. The number of benzene rings is 1. The van der Waals surface area contributed by atoms with Gasteiger partial charge < -0.3 is 10.6 Å². The number of halogens is 1. The second kappa shape index (κ2) is 6.78.